The van der Waals surface area contributed by atoms with Gasteiger partial charge in [-0.2, -0.15) is 0 Å². The summed E-state index contributed by atoms with van der Waals surface area (Å²) in [5.74, 6) is 0.442. The molecule has 2 atom stereocenters. The highest BCUT2D eigenvalue weighted by Gasteiger charge is 2.42. The zero-order valence-electron chi connectivity index (χ0n) is 13.7. The summed E-state index contributed by atoms with van der Waals surface area (Å²) in [5, 5.41) is 15.8. The monoisotopic (exact) mass is 363 g/mol. The van der Waals surface area contributed by atoms with Crippen molar-refractivity contribution in [3.8, 4) is 0 Å². The van der Waals surface area contributed by atoms with Crippen LogP contribution in [-0.2, 0) is 0 Å². The fourth-order valence-corrected chi connectivity index (χ4v) is 5.01. The average molecular weight is 364 g/mol. The third-order valence-corrected chi connectivity index (χ3v) is 6.64. The molecular formula is C16H21N5OS2. The van der Waals surface area contributed by atoms with Gasteiger partial charge in [0.05, 0.1) is 5.56 Å². The minimum Gasteiger partial charge on any atom is -0.328 e. The number of anilines is 1. The van der Waals surface area contributed by atoms with E-state index in [9.17, 15) is 4.79 Å². The Hall–Kier alpha value is -1.35. The number of aryl methyl sites for hydroxylation is 2. The molecule has 4 N–H and O–H groups in total. The molecule has 2 heterocycles. The van der Waals surface area contributed by atoms with Crippen LogP contribution >= 0.6 is 22.7 Å². The lowest BCUT2D eigenvalue weighted by Gasteiger charge is -2.33. The van der Waals surface area contributed by atoms with Crippen molar-refractivity contribution in [1.29, 1.82) is 0 Å². The molecule has 2 aliphatic rings. The van der Waals surface area contributed by atoms with E-state index in [4.69, 9.17) is 5.73 Å². The van der Waals surface area contributed by atoms with E-state index in [1.807, 2.05) is 19.9 Å². The van der Waals surface area contributed by atoms with Crippen molar-refractivity contribution in [2.45, 2.75) is 57.2 Å². The lowest BCUT2D eigenvalue weighted by Crippen LogP contribution is -2.49. The zero-order chi connectivity index (χ0) is 16.8. The van der Waals surface area contributed by atoms with Crippen LogP contribution in [0.4, 0.5) is 5.13 Å². The van der Waals surface area contributed by atoms with Crippen LogP contribution in [0.2, 0.25) is 0 Å². The number of aromatic nitrogens is 2. The Morgan fingerprint density at radius 3 is 2.71 bits per heavy atom. The van der Waals surface area contributed by atoms with Crippen molar-refractivity contribution in [2.24, 2.45) is 5.73 Å². The number of carbonyl (C=O) groups excluding carboxylic acids is 1. The van der Waals surface area contributed by atoms with Gasteiger partial charge in [-0.15, -0.1) is 21.5 Å². The predicted octanol–water partition coefficient (Wildman–Crippen LogP) is 2.40. The minimum absolute atomic E-state index is 0.0960. The zero-order valence-corrected chi connectivity index (χ0v) is 15.3. The molecule has 128 valence electrons. The highest BCUT2D eigenvalue weighted by Crippen LogP contribution is 2.45. The van der Waals surface area contributed by atoms with E-state index >= 15 is 0 Å². The smallest absolute Gasteiger partial charge is 0.258 e. The summed E-state index contributed by atoms with van der Waals surface area (Å²) in [6.45, 7) is 3.88. The van der Waals surface area contributed by atoms with Crippen LogP contribution in [0.1, 0.15) is 50.3 Å². The number of amides is 1. The Bertz CT molecular complexity index is 764. The van der Waals surface area contributed by atoms with E-state index in [1.54, 1.807) is 11.3 Å². The van der Waals surface area contributed by atoms with Crippen LogP contribution in [0.5, 0.6) is 0 Å². The molecule has 2 unspecified atom stereocenters. The molecule has 2 saturated carbocycles. The molecule has 1 amide bonds. The first-order chi connectivity index (χ1) is 11.5. The molecule has 0 saturated heterocycles. The number of hydrogen-bond donors (Lipinski definition) is 3. The van der Waals surface area contributed by atoms with Gasteiger partial charge >= 0.3 is 0 Å². The van der Waals surface area contributed by atoms with Gasteiger partial charge in [0.15, 0.2) is 0 Å². The van der Waals surface area contributed by atoms with Crippen LogP contribution in [-0.4, -0.2) is 34.2 Å². The Balaban J connectivity index is 1.38. The van der Waals surface area contributed by atoms with Gasteiger partial charge in [-0.25, -0.2) is 0 Å². The van der Waals surface area contributed by atoms with E-state index in [0.29, 0.717) is 29.2 Å². The van der Waals surface area contributed by atoms with Crippen molar-refractivity contribution in [1.82, 2.24) is 15.5 Å². The molecule has 0 aromatic carbocycles. The SMILES string of the molecule is Cc1nnc(NC(=O)c2cc(C3CC3NC3CC(N)C3)sc2C)s1. The van der Waals surface area contributed by atoms with Crippen molar-refractivity contribution in [3.63, 3.8) is 0 Å². The molecule has 6 nitrogen and oxygen atoms in total. The van der Waals surface area contributed by atoms with Crippen LogP contribution in [0, 0.1) is 13.8 Å². The summed E-state index contributed by atoms with van der Waals surface area (Å²) < 4.78 is 0. The van der Waals surface area contributed by atoms with Gasteiger partial charge in [-0.1, -0.05) is 11.3 Å². The summed E-state index contributed by atoms with van der Waals surface area (Å²) in [7, 11) is 0. The Labute approximate surface area is 148 Å². The van der Waals surface area contributed by atoms with E-state index < -0.39 is 0 Å². The van der Waals surface area contributed by atoms with Gasteiger partial charge in [0.25, 0.3) is 5.91 Å². The number of thiophene rings is 1. The summed E-state index contributed by atoms with van der Waals surface area (Å²) in [6, 6.07) is 3.55. The molecule has 2 aromatic rings. The molecule has 0 aliphatic heterocycles. The predicted molar refractivity (Wildman–Crippen MR) is 96.9 cm³/mol. The molecule has 2 aliphatic carbocycles. The second kappa shape index (κ2) is 6.18. The Morgan fingerprint density at radius 1 is 1.25 bits per heavy atom. The molecule has 0 spiro atoms. The van der Waals surface area contributed by atoms with Gasteiger partial charge < -0.3 is 11.1 Å². The molecule has 4 rings (SSSR count). The van der Waals surface area contributed by atoms with Gasteiger partial charge in [-0.3, -0.25) is 10.1 Å². The largest absolute Gasteiger partial charge is 0.328 e. The van der Waals surface area contributed by atoms with Crippen LogP contribution in [0.25, 0.3) is 0 Å². The van der Waals surface area contributed by atoms with Gasteiger partial charge in [0.1, 0.15) is 5.01 Å². The van der Waals surface area contributed by atoms with Crippen molar-refractivity contribution < 1.29 is 4.79 Å². The number of rotatable bonds is 5. The first kappa shape index (κ1) is 16.1. The van der Waals surface area contributed by atoms with E-state index in [0.717, 1.165) is 34.7 Å². The Kier molecular flexibility index (Phi) is 4.16. The van der Waals surface area contributed by atoms with Crippen LogP contribution in [0.15, 0.2) is 6.07 Å². The molecule has 24 heavy (non-hydrogen) atoms. The topological polar surface area (TPSA) is 92.9 Å². The van der Waals surface area contributed by atoms with E-state index in [-0.39, 0.29) is 5.91 Å². The normalized spacial score (nSPS) is 28.5. The second-order valence-corrected chi connectivity index (χ2v) is 9.21. The summed E-state index contributed by atoms with van der Waals surface area (Å²) in [5.41, 5.74) is 6.59. The fraction of sp³-hybridized carbons (Fsp3) is 0.562. The summed E-state index contributed by atoms with van der Waals surface area (Å²) >= 11 is 3.12. The van der Waals surface area contributed by atoms with Crippen LogP contribution < -0.4 is 16.4 Å². The van der Waals surface area contributed by atoms with Gasteiger partial charge in [-0.05, 0) is 39.2 Å². The van der Waals surface area contributed by atoms with E-state index in [1.165, 1.54) is 16.2 Å². The van der Waals surface area contributed by atoms with Crippen molar-refractivity contribution >= 4 is 33.7 Å². The third kappa shape index (κ3) is 3.23. The van der Waals surface area contributed by atoms with E-state index in [2.05, 4.69) is 20.8 Å². The highest BCUT2D eigenvalue weighted by atomic mass is 32.1. The molecule has 0 bridgehead atoms. The first-order valence-corrected chi connectivity index (χ1v) is 9.86. The first-order valence-electron chi connectivity index (χ1n) is 8.23. The maximum absolute atomic E-state index is 12.5. The minimum atomic E-state index is -0.0960. The molecular weight excluding hydrogens is 342 g/mol. The quantitative estimate of drug-likeness (QED) is 0.758. The Morgan fingerprint density at radius 2 is 2.04 bits per heavy atom. The number of hydrogen-bond acceptors (Lipinski definition) is 7. The molecule has 2 aromatic heterocycles. The number of carbonyl (C=O) groups is 1. The number of nitrogens with zero attached hydrogens (tertiary/aromatic N) is 2. The van der Waals surface area contributed by atoms with Crippen LogP contribution in [0.3, 0.4) is 0 Å². The van der Waals surface area contributed by atoms with Gasteiger partial charge in [0.2, 0.25) is 5.13 Å². The average Bonchev–Trinajstić information content (AvgIpc) is 2.97. The van der Waals surface area contributed by atoms with Crippen molar-refractivity contribution in [2.75, 3.05) is 5.32 Å². The standard InChI is InChI=1S/C16H21N5OS2/c1-7-11(15(22)19-16-21-20-8(2)24-16)6-14(23-7)12-5-13(12)18-10-3-9(17)4-10/h6,9-10,12-13,18H,3-5,17H2,1-2H3,(H,19,21,22). The van der Waals surface area contributed by atoms with Crippen molar-refractivity contribution in [3.05, 3.63) is 26.4 Å². The molecule has 0 radical (unpaired) electrons. The summed E-state index contributed by atoms with van der Waals surface area (Å²) in [4.78, 5) is 14.8. The molecule has 2 fully saturated rings. The third-order valence-electron chi connectivity index (χ3n) is 4.71. The fourth-order valence-electron chi connectivity index (χ4n) is 3.22. The lowest BCUT2D eigenvalue weighted by atomic mass is 9.87. The maximum atomic E-state index is 12.5. The lowest BCUT2D eigenvalue weighted by molar-refractivity contribution is 0.102. The highest BCUT2D eigenvalue weighted by molar-refractivity contribution is 7.15. The number of nitrogens with one attached hydrogen (secondary N) is 2. The van der Waals surface area contributed by atoms with Gasteiger partial charge in [0, 0.05) is 33.8 Å². The second-order valence-electron chi connectivity index (χ2n) is 6.74. The number of nitrogens with two attached hydrogens (primary N) is 1. The summed E-state index contributed by atoms with van der Waals surface area (Å²) in [6.07, 6.45) is 3.32. The molecule has 8 heteroatoms. The maximum Gasteiger partial charge on any atom is 0.258 e.